The Morgan fingerprint density at radius 1 is 0.966 bits per heavy atom. The van der Waals surface area contributed by atoms with Crippen LogP contribution >= 0.6 is 15.9 Å². The van der Waals surface area contributed by atoms with Crippen LogP contribution in [0.4, 0.5) is 11.4 Å². The van der Waals surface area contributed by atoms with E-state index in [-0.39, 0.29) is 23.9 Å². The first-order valence-electron chi connectivity index (χ1n) is 10.1. The highest BCUT2D eigenvalue weighted by Crippen LogP contribution is 2.43. The van der Waals surface area contributed by atoms with Crippen molar-refractivity contribution in [2.45, 2.75) is 32.4 Å². The first-order chi connectivity index (χ1) is 14.1. The summed E-state index contributed by atoms with van der Waals surface area (Å²) >= 11 is 3.46. The van der Waals surface area contributed by atoms with E-state index < -0.39 is 0 Å². The summed E-state index contributed by atoms with van der Waals surface area (Å²) in [6.45, 7) is 4.41. The van der Waals surface area contributed by atoms with Gasteiger partial charge in [-0.1, -0.05) is 66.2 Å². The zero-order valence-electron chi connectivity index (χ0n) is 16.7. The Morgan fingerprint density at radius 2 is 1.62 bits per heavy atom. The van der Waals surface area contributed by atoms with Crippen LogP contribution in [0.1, 0.15) is 42.2 Å². The zero-order valence-corrected chi connectivity index (χ0v) is 18.3. The van der Waals surface area contributed by atoms with Crippen molar-refractivity contribution >= 4 is 33.2 Å². The minimum absolute atomic E-state index is 0.0572. The van der Waals surface area contributed by atoms with Gasteiger partial charge >= 0.3 is 0 Å². The number of benzene rings is 3. The van der Waals surface area contributed by atoms with Crippen LogP contribution in [0.2, 0.25) is 0 Å². The van der Waals surface area contributed by atoms with E-state index in [0.717, 1.165) is 22.3 Å². The number of hydrogen-bond donors (Lipinski definition) is 1. The Balaban J connectivity index is 1.76. The van der Waals surface area contributed by atoms with Gasteiger partial charge in [-0.25, -0.2) is 0 Å². The molecule has 0 fully saturated rings. The number of carbonyl (C=O) groups excluding carboxylic acids is 1. The molecule has 0 aliphatic carbocycles. The summed E-state index contributed by atoms with van der Waals surface area (Å²) in [6.07, 6.45) is 0.894. The van der Waals surface area contributed by atoms with Gasteiger partial charge in [-0.3, -0.25) is 4.79 Å². The summed E-state index contributed by atoms with van der Waals surface area (Å²) in [5.74, 6) is 0.316. The third-order valence-corrected chi connectivity index (χ3v) is 6.35. The van der Waals surface area contributed by atoms with Gasteiger partial charge in [-0.15, -0.1) is 0 Å². The first kappa shape index (κ1) is 19.7. The van der Waals surface area contributed by atoms with Gasteiger partial charge in [-0.05, 0) is 54.4 Å². The van der Waals surface area contributed by atoms with Crippen LogP contribution in [-0.2, 0) is 0 Å². The molecule has 4 rings (SSSR count). The topological polar surface area (TPSA) is 32.3 Å². The number of fused-ring (bicyclic) bond motifs is 1. The van der Waals surface area contributed by atoms with Gasteiger partial charge in [-0.2, -0.15) is 0 Å². The predicted molar refractivity (Wildman–Crippen MR) is 123 cm³/mol. The number of nitrogens with one attached hydrogen (secondary N) is 1. The van der Waals surface area contributed by atoms with Gasteiger partial charge in [0, 0.05) is 33.4 Å². The van der Waals surface area contributed by atoms with Crippen molar-refractivity contribution in [2.75, 3.05) is 10.2 Å². The number of anilines is 2. The molecule has 1 aliphatic rings. The third-order valence-electron chi connectivity index (χ3n) is 5.82. The van der Waals surface area contributed by atoms with Crippen molar-refractivity contribution in [3.8, 4) is 0 Å². The molecule has 29 heavy (non-hydrogen) atoms. The van der Waals surface area contributed by atoms with E-state index in [4.69, 9.17) is 0 Å². The maximum absolute atomic E-state index is 13.5. The van der Waals surface area contributed by atoms with E-state index in [2.05, 4.69) is 65.4 Å². The molecule has 3 aromatic rings. The number of halogens is 1. The van der Waals surface area contributed by atoms with Gasteiger partial charge < -0.3 is 10.2 Å². The van der Waals surface area contributed by atoms with Crippen molar-refractivity contribution in [2.24, 2.45) is 5.92 Å². The molecular weight excluding hydrogens is 424 g/mol. The smallest absolute Gasteiger partial charge is 0.258 e. The summed E-state index contributed by atoms with van der Waals surface area (Å²) < 4.78 is 0.973. The fourth-order valence-corrected chi connectivity index (χ4v) is 4.62. The lowest BCUT2D eigenvalue weighted by Crippen LogP contribution is -2.50. The normalized spacial score (nSPS) is 20.8. The van der Waals surface area contributed by atoms with Crippen molar-refractivity contribution in [1.82, 2.24) is 0 Å². The van der Waals surface area contributed by atoms with E-state index >= 15 is 0 Å². The standard InChI is InChI=1S/C25H25BrN2O/c1-3-22-17(2)24(27-20-9-5-4-6-10-20)21-11-7-8-12-23(21)28(22)25(29)18-13-15-19(26)16-14-18/h4-17,22,24,27H,3H2,1-2H3/t17-,22-,24+/m1/s1. The molecule has 0 aromatic heterocycles. The van der Waals surface area contributed by atoms with Crippen LogP contribution in [0.15, 0.2) is 83.3 Å². The van der Waals surface area contributed by atoms with Crippen LogP contribution in [-0.4, -0.2) is 11.9 Å². The molecule has 1 heterocycles. The van der Waals surface area contributed by atoms with E-state index in [0.29, 0.717) is 5.56 Å². The lowest BCUT2D eigenvalue weighted by atomic mass is 9.80. The lowest BCUT2D eigenvalue weighted by Gasteiger charge is -2.45. The molecule has 4 heteroatoms. The van der Waals surface area contributed by atoms with E-state index in [1.807, 2.05) is 53.4 Å². The quantitative estimate of drug-likeness (QED) is 0.482. The Labute approximate surface area is 180 Å². The molecule has 0 saturated carbocycles. The van der Waals surface area contributed by atoms with Crippen LogP contribution < -0.4 is 10.2 Å². The summed E-state index contributed by atoms with van der Waals surface area (Å²) in [5, 5.41) is 3.71. The lowest BCUT2D eigenvalue weighted by molar-refractivity contribution is 0.0960. The van der Waals surface area contributed by atoms with Gasteiger partial charge in [0.2, 0.25) is 0 Å². The van der Waals surface area contributed by atoms with Gasteiger partial charge in [0.05, 0.1) is 6.04 Å². The van der Waals surface area contributed by atoms with Crippen molar-refractivity contribution in [1.29, 1.82) is 0 Å². The maximum atomic E-state index is 13.5. The first-order valence-corrected chi connectivity index (χ1v) is 10.9. The third kappa shape index (κ3) is 3.82. The molecule has 0 bridgehead atoms. The van der Waals surface area contributed by atoms with Crippen LogP contribution in [0.5, 0.6) is 0 Å². The Bertz CT molecular complexity index is 987. The molecule has 1 aliphatic heterocycles. The second-order valence-corrected chi connectivity index (χ2v) is 8.48. The average molecular weight is 449 g/mol. The number of hydrogen-bond acceptors (Lipinski definition) is 2. The maximum Gasteiger partial charge on any atom is 0.258 e. The number of para-hydroxylation sites is 2. The van der Waals surface area contributed by atoms with Crippen LogP contribution in [0.25, 0.3) is 0 Å². The minimum atomic E-state index is 0.0572. The highest BCUT2D eigenvalue weighted by atomic mass is 79.9. The Morgan fingerprint density at radius 3 is 2.31 bits per heavy atom. The van der Waals surface area contributed by atoms with Crippen molar-refractivity contribution < 1.29 is 4.79 Å². The number of amides is 1. The molecule has 3 atom stereocenters. The molecule has 3 aromatic carbocycles. The minimum Gasteiger partial charge on any atom is -0.378 e. The number of rotatable bonds is 4. The van der Waals surface area contributed by atoms with Gasteiger partial charge in [0.1, 0.15) is 0 Å². The van der Waals surface area contributed by atoms with E-state index in [1.54, 1.807) is 0 Å². The van der Waals surface area contributed by atoms with Crippen molar-refractivity contribution in [3.63, 3.8) is 0 Å². The summed E-state index contributed by atoms with van der Waals surface area (Å²) in [4.78, 5) is 15.6. The highest BCUT2D eigenvalue weighted by molar-refractivity contribution is 9.10. The molecule has 3 nitrogen and oxygen atoms in total. The molecule has 0 unspecified atom stereocenters. The molecule has 1 amide bonds. The summed E-state index contributed by atoms with van der Waals surface area (Å²) in [7, 11) is 0. The number of nitrogens with zero attached hydrogens (tertiary/aromatic N) is 1. The fraction of sp³-hybridized carbons (Fsp3) is 0.240. The Hall–Kier alpha value is -2.59. The molecule has 1 N–H and O–H groups in total. The SMILES string of the molecule is CC[C@@H]1[C@@H](C)[C@H](Nc2ccccc2)c2ccccc2N1C(=O)c1ccc(Br)cc1. The number of carbonyl (C=O) groups is 1. The Kier molecular flexibility index (Phi) is 5.72. The zero-order chi connectivity index (χ0) is 20.4. The molecule has 148 valence electrons. The van der Waals surface area contributed by atoms with E-state index in [9.17, 15) is 4.79 Å². The molecule has 0 saturated heterocycles. The average Bonchev–Trinajstić information content (AvgIpc) is 2.76. The second-order valence-electron chi connectivity index (χ2n) is 7.56. The largest absolute Gasteiger partial charge is 0.378 e. The second kappa shape index (κ2) is 8.42. The molecule has 0 spiro atoms. The molecule has 0 radical (unpaired) electrons. The van der Waals surface area contributed by atoms with Gasteiger partial charge in [0.25, 0.3) is 5.91 Å². The highest BCUT2D eigenvalue weighted by Gasteiger charge is 2.40. The fourth-order valence-electron chi connectivity index (χ4n) is 4.36. The predicted octanol–water partition coefficient (Wildman–Crippen LogP) is 6.68. The summed E-state index contributed by atoms with van der Waals surface area (Å²) in [5.41, 5.74) is 3.97. The van der Waals surface area contributed by atoms with Crippen molar-refractivity contribution in [3.05, 3.63) is 94.5 Å². The van der Waals surface area contributed by atoms with Crippen LogP contribution in [0.3, 0.4) is 0 Å². The van der Waals surface area contributed by atoms with Gasteiger partial charge in [0.15, 0.2) is 0 Å². The summed E-state index contributed by atoms with van der Waals surface area (Å²) in [6, 6.07) is 26.5. The van der Waals surface area contributed by atoms with Crippen LogP contribution in [0, 0.1) is 5.92 Å². The molecular formula is C25H25BrN2O. The van der Waals surface area contributed by atoms with E-state index in [1.165, 1.54) is 5.56 Å². The monoisotopic (exact) mass is 448 g/mol.